The summed E-state index contributed by atoms with van der Waals surface area (Å²) in [6.07, 6.45) is 3.90. The Hall–Kier alpha value is -2.63. The lowest BCUT2D eigenvalue weighted by atomic mass is 9.86. The number of carboxylic acid groups (broad SMARTS) is 1. The summed E-state index contributed by atoms with van der Waals surface area (Å²) in [6, 6.07) is 0. The topological polar surface area (TPSA) is 96.5 Å². The quantitative estimate of drug-likeness (QED) is 0.814. The maximum atomic E-state index is 12.1. The summed E-state index contributed by atoms with van der Waals surface area (Å²) in [5.74, 6) is -1.35. The number of H-pyrrole nitrogens is 1. The normalized spacial score (nSPS) is 16.1. The van der Waals surface area contributed by atoms with Gasteiger partial charge in [-0.15, -0.1) is 0 Å². The Labute approximate surface area is 127 Å². The van der Waals surface area contributed by atoms with E-state index in [1.807, 2.05) is 0 Å². The van der Waals surface area contributed by atoms with Crippen LogP contribution in [0.5, 0.6) is 0 Å². The summed E-state index contributed by atoms with van der Waals surface area (Å²) in [5.41, 5.74) is 1.63. The van der Waals surface area contributed by atoms with Crippen LogP contribution in [-0.2, 0) is 9.53 Å². The summed E-state index contributed by atoms with van der Waals surface area (Å²) < 4.78 is 5.25. The minimum Gasteiger partial charge on any atom is -0.501 e. The van der Waals surface area contributed by atoms with Crippen molar-refractivity contribution in [1.82, 2.24) is 4.98 Å². The Morgan fingerprint density at radius 2 is 1.95 bits per heavy atom. The van der Waals surface area contributed by atoms with Crippen molar-refractivity contribution in [1.29, 1.82) is 0 Å². The molecule has 1 unspecified atom stereocenters. The van der Waals surface area contributed by atoms with E-state index in [-0.39, 0.29) is 35.2 Å². The van der Waals surface area contributed by atoms with Crippen molar-refractivity contribution in [2.45, 2.75) is 20.3 Å². The molecule has 22 heavy (non-hydrogen) atoms. The summed E-state index contributed by atoms with van der Waals surface area (Å²) in [5, 5.41) is 9.01. The van der Waals surface area contributed by atoms with Crippen molar-refractivity contribution in [3.05, 3.63) is 40.9 Å². The second-order valence-corrected chi connectivity index (χ2v) is 5.19. The average Bonchev–Trinajstić information content (AvgIpc) is 2.88. The van der Waals surface area contributed by atoms with Gasteiger partial charge in [0.15, 0.2) is 5.78 Å². The van der Waals surface area contributed by atoms with Crippen LogP contribution in [0.2, 0.25) is 0 Å². The number of carboxylic acids is 1. The van der Waals surface area contributed by atoms with Gasteiger partial charge in [-0.1, -0.05) is 6.92 Å². The van der Waals surface area contributed by atoms with E-state index in [1.54, 1.807) is 20.0 Å². The standard InChI is InChI=1S/C16H17NO5/c1-8(6-13(20)21)14(9(2)22-3)10-7-17-16-12(19)5-4-11(18)15(10)16/h4-5,7-8,17H,6H2,1-3H3,(H,20,21). The molecule has 6 nitrogen and oxygen atoms in total. The van der Waals surface area contributed by atoms with Crippen LogP contribution < -0.4 is 0 Å². The summed E-state index contributed by atoms with van der Waals surface area (Å²) in [7, 11) is 1.48. The summed E-state index contributed by atoms with van der Waals surface area (Å²) in [6.45, 7) is 3.45. The number of aromatic nitrogens is 1. The number of carbonyl (C=O) groups is 3. The highest BCUT2D eigenvalue weighted by Gasteiger charge is 2.29. The minimum atomic E-state index is -0.944. The summed E-state index contributed by atoms with van der Waals surface area (Å²) >= 11 is 0. The minimum absolute atomic E-state index is 0.103. The highest BCUT2D eigenvalue weighted by molar-refractivity contribution is 6.23. The van der Waals surface area contributed by atoms with Gasteiger partial charge in [-0.3, -0.25) is 14.4 Å². The van der Waals surface area contributed by atoms with Crippen LogP contribution in [0.1, 0.15) is 46.7 Å². The molecule has 6 heteroatoms. The molecular formula is C16H17NO5. The molecule has 0 fully saturated rings. The Balaban J connectivity index is 2.59. The molecule has 1 aromatic rings. The van der Waals surface area contributed by atoms with Crippen LogP contribution in [0.15, 0.2) is 24.1 Å². The first kappa shape index (κ1) is 15.8. The third kappa shape index (κ3) is 2.72. The van der Waals surface area contributed by atoms with E-state index in [0.717, 1.165) is 0 Å². The van der Waals surface area contributed by atoms with E-state index >= 15 is 0 Å². The van der Waals surface area contributed by atoms with Gasteiger partial charge in [-0.05, 0) is 25.0 Å². The van der Waals surface area contributed by atoms with Gasteiger partial charge in [-0.25, -0.2) is 0 Å². The number of nitrogens with one attached hydrogen (secondary N) is 1. The Bertz CT molecular complexity index is 708. The highest BCUT2D eigenvalue weighted by Crippen LogP contribution is 2.34. The zero-order valence-corrected chi connectivity index (χ0v) is 12.6. The number of allylic oxidation sites excluding steroid dienone is 4. The van der Waals surface area contributed by atoms with Crippen molar-refractivity contribution in [3.8, 4) is 0 Å². The first-order chi connectivity index (χ1) is 10.4. The second kappa shape index (κ2) is 6.01. The molecule has 116 valence electrons. The first-order valence-corrected chi connectivity index (χ1v) is 6.81. The van der Waals surface area contributed by atoms with E-state index in [4.69, 9.17) is 9.84 Å². The molecule has 1 heterocycles. The van der Waals surface area contributed by atoms with Crippen LogP contribution >= 0.6 is 0 Å². The number of methoxy groups -OCH3 is 1. The maximum absolute atomic E-state index is 12.1. The van der Waals surface area contributed by atoms with Gasteiger partial charge in [-0.2, -0.15) is 0 Å². The van der Waals surface area contributed by atoms with E-state index in [2.05, 4.69) is 4.98 Å². The lowest BCUT2D eigenvalue weighted by molar-refractivity contribution is -0.137. The highest BCUT2D eigenvalue weighted by atomic mass is 16.5. The molecule has 0 saturated heterocycles. The van der Waals surface area contributed by atoms with Gasteiger partial charge in [0.1, 0.15) is 0 Å². The van der Waals surface area contributed by atoms with Gasteiger partial charge >= 0.3 is 5.97 Å². The fourth-order valence-corrected chi connectivity index (χ4v) is 2.68. The third-order valence-electron chi connectivity index (χ3n) is 3.71. The van der Waals surface area contributed by atoms with Crippen molar-refractivity contribution in [2.75, 3.05) is 7.11 Å². The number of hydrogen-bond acceptors (Lipinski definition) is 4. The van der Waals surface area contributed by atoms with Gasteiger partial charge in [0, 0.05) is 17.3 Å². The number of fused-ring (bicyclic) bond motifs is 1. The molecule has 0 saturated carbocycles. The predicted octanol–water partition coefficient (Wildman–Crippen LogP) is 2.44. The fourth-order valence-electron chi connectivity index (χ4n) is 2.68. The second-order valence-electron chi connectivity index (χ2n) is 5.19. The van der Waals surface area contributed by atoms with Crippen molar-refractivity contribution < 1.29 is 24.2 Å². The SMILES string of the molecule is COC(C)=C(c1c[nH]c2c1C(=O)C=CC2=O)C(C)CC(=O)O. The van der Waals surface area contributed by atoms with Gasteiger partial charge in [0.05, 0.1) is 30.5 Å². The predicted molar refractivity (Wildman–Crippen MR) is 79.6 cm³/mol. The molecule has 0 radical (unpaired) electrons. The molecule has 1 aliphatic carbocycles. The monoisotopic (exact) mass is 303 g/mol. The lowest BCUT2D eigenvalue weighted by Gasteiger charge is -2.18. The van der Waals surface area contributed by atoms with Gasteiger partial charge < -0.3 is 14.8 Å². The van der Waals surface area contributed by atoms with Crippen molar-refractivity contribution in [3.63, 3.8) is 0 Å². The zero-order chi connectivity index (χ0) is 16.4. The molecule has 0 aromatic carbocycles. The Morgan fingerprint density at radius 3 is 2.55 bits per heavy atom. The molecule has 1 aromatic heterocycles. The van der Waals surface area contributed by atoms with Crippen molar-refractivity contribution >= 4 is 23.1 Å². The smallest absolute Gasteiger partial charge is 0.303 e. The average molecular weight is 303 g/mol. The molecule has 0 bridgehead atoms. The molecule has 0 aliphatic heterocycles. The molecule has 0 amide bonds. The van der Waals surface area contributed by atoms with Crippen LogP contribution in [0.3, 0.4) is 0 Å². The number of ketones is 2. The number of hydrogen-bond donors (Lipinski definition) is 2. The number of aromatic amines is 1. The van der Waals surface area contributed by atoms with Crippen LogP contribution in [-0.4, -0.2) is 34.7 Å². The number of ether oxygens (including phenoxy) is 1. The Morgan fingerprint density at radius 1 is 1.32 bits per heavy atom. The lowest BCUT2D eigenvalue weighted by Crippen LogP contribution is -2.14. The summed E-state index contributed by atoms with van der Waals surface area (Å²) in [4.78, 5) is 37.8. The molecule has 0 spiro atoms. The molecule has 2 N–H and O–H groups in total. The molecule has 1 atom stereocenters. The zero-order valence-electron chi connectivity index (χ0n) is 12.6. The largest absolute Gasteiger partial charge is 0.501 e. The van der Waals surface area contributed by atoms with Crippen LogP contribution in [0, 0.1) is 5.92 Å². The van der Waals surface area contributed by atoms with Crippen molar-refractivity contribution in [2.24, 2.45) is 5.92 Å². The van der Waals surface area contributed by atoms with Gasteiger partial charge in [0.2, 0.25) is 5.78 Å². The number of rotatable bonds is 5. The third-order valence-corrected chi connectivity index (χ3v) is 3.71. The van der Waals surface area contributed by atoms with Crippen LogP contribution in [0.25, 0.3) is 5.57 Å². The van der Waals surface area contributed by atoms with E-state index < -0.39 is 5.97 Å². The van der Waals surface area contributed by atoms with Crippen LogP contribution in [0.4, 0.5) is 0 Å². The number of aliphatic carboxylic acids is 1. The number of carbonyl (C=O) groups excluding carboxylic acids is 2. The maximum Gasteiger partial charge on any atom is 0.303 e. The van der Waals surface area contributed by atoms with E-state index in [1.165, 1.54) is 19.3 Å². The molecule has 1 aliphatic rings. The van der Waals surface area contributed by atoms with E-state index in [0.29, 0.717) is 16.9 Å². The Kier molecular flexibility index (Phi) is 4.30. The first-order valence-electron chi connectivity index (χ1n) is 6.81. The molecular weight excluding hydrogens is 286 g/mol. The van der Waals surface area contributed by atoms with Gasteiger partial charge in [0.25, 0.3) is 0 Å². The van der Waals surface area contributed by atoms with E-state index in [9.17, 15) is 14.4 Å². The fraction of sp³-hybridized carbons (Fsp3) is 0.312. The molecule has 2 rings (SSSR count).